The predicted molar refractivity (Wildman–Crippen MR) is 105 cm³/mol. The molecule has 142 valence electrons. The average Bonchev–Trinajstić information content (AvgIpc) is 2.72. The number of aromatic nitrogens is 1. The van der Waals surface area contributed by atoms with E-state index in [9.17, 15) is 14.0 Å². The van der Waals surface area contributed by atoms with Gasteiger partial charge in [0, 0.05) is 31.0 Å². The highest BCUT2D eigenvalue weighted by Crippen LogP contribution is 2.12. The van der Waals surface area contributed by atoms with Crippen molar-refractivity contribution in [1.82, 2.24) is 10.3 Å². The minimum absolute atomic E-state index is 0.124. The van der Waals surface area contributed by atoms with Gasteiger partial charge in [0.05, 0.1) is 5.56 Å². The first-order valence-corrected chi connectivity index (χ1v) is 8.91. The number of amides is 2. The first-order chi connectivity index (χ1) is 13.6. The Bertz CT molecular complexity index is 944. The van der Waals surface area contributed by atoms with E-state index >= 15 is 0 Å². The maximum Gasteiger partial charge on any atom is 0.253 e. The van der Waals surface area contributed by atoms with Crippen LogP contribution in [0.5, 0.6) is 0 Å². The zero-order chi connectivity index (χ0) is 19.8. The van der Waals surface area contributed by atoms with Crippen molar-refractivity contribution in [3.8, 4) is 0 Å². The number of anilines is 1. The Labute approximate surface area is 162 Å². The molecule has 0 atom stereocenters. The molecule has 28 heavy (non-hydrogen) atoms. The van der Waals surface area contributed by atoms with Crippen LogP contribution in [0, 0.1) is 5.82 Å². The van der Waals surface area contributed by atoms with E-state index in [2.05, 4.69) is 15.6 Å². The summed E-state index contributed by atoms with van der Waals surface area (Å²) in [5.41, 5.74) is 2.93. The molecule has 6 heteroatoms. The molecule has 0 saturated carbocycles. The zero-order valence-electron chi connectivity index (χ0n) is 15.2. The van der Waals surface area contributed by atoms with Crippen LogP contribution in [0.4, 0.5) is 10.1 Å². The molecule has 0 aliphatic rings. The molecule has 0 bridgehead atoms. The molecule has 0 saturated heterocycles. The van der Waals surface area contributed by atoms with Gasteiger partial charge in [0.2, 0.25) is 5.91 Å². The van der Waals surface area contributed by atoms with Gasteiger partial charge in [0.15, 0.2) is 0 Å². The molecule has 2 amide bonds. The fourth-order valence-electron chi connectivity index (χ4n) is 2.67. The van der Waals surface area contributed by atoms with Gasteiger partial charge < -0.3 is 10.6 Å². The van der Waals surface area contributed by atoms with Gasteiger partial charge in [-0.05, 0) is 53.9 Å². The number of carbonyl (C=O) groups excluding carboxylic acids is 2. The quantitative estimate of drug-likeness (QED) is 0.659. The van der Waals surface area contributed by atoms with Gasteiger partial charge in [-0.2, -0.15) is 0 Å². The van der Waals surface area contributed by atoms with Gasteiger partial charge in [0.25, 0.3) is 5.91 Å². The molecule has 1 aromatic heterocycles. The number of nitrogens with one attached hydrogen (secondary N) is 2. The van der Waals surface area contributed by atoms with E-state index in [1.54, 1.807) is 36.5 Å². The monoisotopic (exact) mass is 377 g/mol. The van der Waals surface area contributed by atoms with Crippen molar-refractivity contribution in [2.45, 2.75) is 19.4 Å². The lowest BCUT2D eigenvalue weighted by atomic mass is 10.1. The molecule has 0 aliphatic heterocycles. The Morgan fingerprint density at radius 1 is 0.964 bits per heavy atom. The summed E-state index contributed by atoms with van der Waals surface area (Å²) in [6.07, 6.45) is 3.95. The number of rotatable bonds is 7. The maximum atomic E-state index is 12.9. The van der Waals surface area contributed by atoms with Gasteiger partial charge in [-0.1, -0.05) is 24.3 Å². The summed E-state index contributed by atoms with van der Waals surface area (Å²) in [5.74, 6) is -0.622. The lowest BCUT2D eigenvalue weighted by molar-refractivity contribution is -0.116. The lowest BCUT2D eigenvalue weighted by Gasteiger charge is -2.09. The van der Waals surface area contributed by atoms with Gasteiger partial charge in [-0.25, -0.2) is 4.39 Å². The summed E-state index contributed by atoms with van der Waals surface area (Å²) in [7, 11) is 0. The standard InChI is InChI=1S/C22H20FN3O2/c23-19-9-6-16(7-10-19)8-11-21(27)26-20-5-1-3-17(13-20)14-25-22(28)18-4-2-12-24-15-18/h1-7,9-10,12-13,15H,8,11,14H2,(H,25,28)(H,26,27). The molecule has 3 rings (SSSR count). The smallest absolute Gasteiger partial charge is 0.253 e. The van der Waals surface area contributed by atoms with Crippen LogP contribution in [-0.4, -0.2) is 16.8 Å². The zero-order valence-corrected chi connectivity index (χ0v) is 15.2. The Kier molecular flexibility index (Phi) is 6.46. The van der Waals surface area contributed by atoms with Crippen molar-refractivity contribution in [3.63, 3.8) is 0 Å². The number of benzene rings is 2. The Morgan fingerprint density at radius 3 is 2.54 bits per heavy atom. The molecule has 1 heterocycles. The van der Waals surface area contributed by atoms with Crippen molar-refractivity contribution >= 4 is 17.5 Å². The molecule has 0 unspecified atom stereocenters. The van der Waals surface area contributed by atoms with Crippen molar-refractivity contribution in [2.24, 2.45) is 0 Å². The van der Waals surface area contributed by atoms with Crippen LogP contribution in [0.25, 0.3) is 0 Å². The highest BCUT2D eigenvalue weighted by Gasteiger charge is 2.07. The van der Waals surface area contributed by atoms with Crippen molar-refractivity contribution in [3.05, 3.63) is 95.6 Å². The van der Waals surface area contributed by atoms with Crippen molar-refractivity contribution in [2.75, 3.05) is 5.32 Å². The third-order valence-electron chi connectivity index (χ3n) is 4.14. The molecule has 0 spiro atoms. The van der Waals surface area contributed by atoms with Crippen LogP contribution in [0.3, 0.4) is 0 Å². The molecular formula is C22H20FN3O2. The lowest BCUT2D eigenvalue weighted by Crippen LogP contribution is -2.23. The second-order valence-corrected chi connectivity index (χ2v) is 6.30. The van der Waals surface area contributed by atoms with Gasteiger partial charge in [-0.15, -0.1) is 0 Å². The van der Waals surface area contributed by atoms with E-state index < -0.39 is 0 Å². The molecule has 2 aromatic carbocycles. The van der Waals surface area contributed by atoms with Gasteiger partial charge in [-0.3, -0.25) is 14.6 Å². The van der Waals surface area contributed by atoms with E-state index in [0.29, 0.717) is 30.6 Å². The number of halogens is 1. The van der Waals surface area contributed by atoms with Crippen molar-refractivity contribution in [1.29, 1.82) is 0 Å². The minimum Gasteiger partial charge on any atom is -0.348 e. The Balaban J connectivity index is 1.50. The minimum atomic E-state index is -0.291. The maximum absolute atomic E-state index is 12.9. The average molecular weight is 377 g/mol. The summed E-state index contributed by atoms with van der Waals surface area (Å²) >= 11 is 0. The summed E-state index contributed by atoms with van der Waals surface area (Å²) in [4.78, 5) is 28.2. The topological polar surface area (TPSA) is 71.1 Å². The number of hydrogen-bond acceptors (Lipinski definition) is 3. The van der Waals surface area contributed by atoms with Crippen LogP contribution < -0.4 is 10.6 Å². The largest absolute Gasteiger partial charge is 0.348 e. The molecule has 0 aliphatic carbocycles. The van der Waals surface area contributed by atoms with Gasteiger partial charge >= 0.3 is 0 Å². The molecule has 2 N–H and O–H groups in total. The second kappa shape index (κ2) is 9.41. The molecular weight excluding hydrogens is 357 g/mol. The van der Waals surface area contributed by atoms with Crippen LogP contribution in [0.2, 0.25) is 0 Å². The summed E-state index contributed by atoms with van der Waals surface area (Å²) in [5, 5.41) is 5.67. The highest BCUT2D eigenvalue weighted by atomic mass is 19.1. The Morgan fingerprint density at radius 2 is 1.79 bits per heavy atom. The molecule has 0 radical (unpaired) electrons. The predicted octanol–water partition coefficient (Wildman–Crippen LogP) is 3.72. The first-order valence-electron chi connectivity index (χ1n) is 8.91. The van der Waals surface area contributed by atoms with Crippen LogP contribution in [0.1, 0.15) is 27.9 Å². The summed E-state index contributed by atoms with van der Waals surface area (Å²) < 4.78 is 12.9. The number of nitrogens with zero attached hydrogens (tertiary/aromatic N) is 1. The molecule has 3 aromatic rings. The van der Waals surface area contributed by atoms with Crippen LogP contribution in [0.15, 0.2) is 73.1 Å². The summed E-state index contributed by atoms with van der Waals surface area (Å²) in [6.45, 7) is 0.340. The number of carbonyl (C=O) groups is 2. The summed E-state index contributed by atoms with van der Waals surface area (Å²) in [6, 6.07) is 16.8. The van der Waals surface area contributed by atoms with E-state index in [1.807, 2.05) is 18.2 Å². The fourth-order valence-corrected chi connectivity index (χ4v) is 2.67. The third-order valence-corrected chi connectivity index (χ3v) is 4.14. The Hall–Kier alpha value is -3.54. The van der Waals surface area contributed by atoms with E-state index in [0.717, 1.165) is 11.1 Å². The van der Waals surface area contributed by atoms with E-state index in [4.69, 9.17) is 0 Å². The number of aryl methyl sites for hydroxylation is 1. The highest BCUT2D eigenvalue weighted by molar-refractivity contribution is 5.94. The van der Waals surface area contributed by atoms with Crippen LogP contribution in [-0.2, 0) is 17.8 Å². The van der Waals surface area contributed by atoms with E-state index in [-0.39, 0.29) is 17.6 Å². The molecule has 0 fully saturated rings. The van der Waals surface area contributed by atoms with Gasteiger partial charge in [0.1, 0.15) is 5.82 Å². The second-order valence-electron chi connectivity index (χ2n) is 6.30. The SMILES string of the molecule is O=C(CCc1ccc(F)cc1)Nc1cccc(CNC(=O)c2cccnc2)c1. The normalized spacial score (nSPS) is 10.3. The van der Waals surface area contributed by atoms with Crippen molar-refractivity contribution < 1.29 is 14.0 Å². The number of hydrogen-bond donors (Lipinski definition) is 2. The first kappa shape index (κ1) is 19.2. The fraction of sp³-hybridized carbons (Fsp3) is 0.136. The van der Waals surface area contributed by atoms with Crippen LogP contribution >= 0.6 is 0 Å². The van der Waals surface area contributed by atoms with E-state index in [1.165, 1.54) is 18.3 Å². The number of pyridine rings is 1. The third kappa shape index (κ3) is 5.74. The molecule has 5 nitrogen and oxygen atoms in total.